The molecule has 0 heterocycles. The van der Waals surface area contributed by atoms with E-state index in [-0.39, 0.29) is 40.8 Å². The molecule has 0 fully saturated rings. The van der Waals surface area contributed by atoms with E-state index in [4.69, 9.17) is 14.2 Å². The molecule has 1 amide bonds. The number of hydrogen-bond acceptors (Lipinski definition) is 8. The Labute approximate surface area is 175 Å². The number of methoxy groups -OCH3 is 2. The van der Waals surface area contributed by atoms with E-state index in [0.29, 0.717) is 5.69 Å². The molecule has 30 heavy (non-hydrogen) atoms. The molecule has 0 radical (unpaired) electrons. The normalized spacial score (nSPS) is 10.8. The molecule has 2 N–H and O–H groups in total. The lowest BCUT2D eigenvalue weighted by Gasteiger charge is -2.16. The summed E-state index contributed by atoms with van der Waals surface area (Å²) in [7, 11) is -0.875. The van der Waals surface area contributed by atoms with Gasteiger partial charge in [-0.05, 0) is 19.1 Å². The standard InChI is InChI=1S/C20H24N2O7S/c1-5-29-20(24)14-8-6-7-9-15(14)22-18(23)12-21-16-10-13(27-2)11-17(19(16)28-3)30(4,25)26/h6-11,21H,5,12H2,1-4H3,(H,22,23). The van der Waals surface area contributed by atoms with Crippen LogP contribution in [0.15, 0.2) is 41.3 Å². The van der Waals surface area contributed by atoms with Crippen LogP contribution in [0, 0.1) is 0 Å². The minimum absolute atomic E-state index is 0.0676. The Kier molecular flexibility index (Phi) is 7.65. The van der Waals surface area contributed by atoms with E-state index >= 15 is 0 Å². The molecule has 2 aromatic carbocycles. The topological polar surface area (TPSA) is 120 Å². The molecule has 0 atom stereocenters. The first-order valence-corrected chi connectivity index (χ1v) is 10.9. The summed E-state index contributed by atoms with van der Waals surface area (Å²) in [5.41, 5.74) is 0.800. The van der Waals surface area contributed by atoms with Gasteiger partial charge in [0.15, 0.2) is 15.6 Å². The summed E-state index contributed by atoms with van der Waals surface area (Å²) >= 11 is 0. The molecule has 0 unspecified atom stereocenters. The number of esters is 1. The van der Waals surface area contributed by atoms with Crippen molar-refractivity contribution in [2.45, 2.75) is 11.8 Å². The summed E-state index contributed by atoms with van der Waals surface area (Å²) < 4.78 is 39.5. The van der Waals surface area contributed by atoms with Crippen molar-refractivity contribution in [3.8, 4) is 11.5 Å². The van der Waals surface area contributed by atoms with Crippen LogP contribution in [-0.4, -0.2) is 53.9 Å². The molecule has 10 heteroatoms. The summed E-state index contributed by atoms with van der Waals surface area (Å²) in [6, 6.07) is 9.33. The number of sulfone groups is 1. The molecule has 0 aliphatic rings. The Bertz CT molecular complexity index is 1040. The Hall–Kier alpha value is -3.27. The zero-order chi connectivity index (χ0) is 22.3. The maximum atomic E-state index is 12.4. The molecule has 162 valence electrons. The molecule has 0 aliphatic heterocycles. The fraction of sp³-hybridized carbons (Fsp3) is 0.300. The van der Waals surface area contributed by atoms with E-state index in [2.05, 4.69) is 10.6 Å². The van der Waals surface area contributed by atoms with Gasteiger partial charge in [0.25, 0.3) is 0 Å². The highest BCUT2D eigenvalue weighted by Crippen LogP contribution is 2.36. The second-order valence-corrected chi connectivity index (χ2v) is 8.13. The van der Waals surface area contributed by atoms with Crippen LogP contribution in [-0.2, 0) is 19.4 Å². The zero-order valence-electron chi connectivity index (χ0n) is 17.1. The molecule has 0 spiro atoms. The second kappa shape index (κ2) is 9.97. The third kappa shape index (κ3) is 5.63. The Balaban J connectivity index is 2.22. The van der Waals surface area contributed by atoms with E-state index in [0.717, 1.165) is 6.26 Å². The minimum atomic E-state index is -3.61. The van der Waals surface area contributed by atoms with Crippen molar-refractivity contribution >= 4 is 33.1 Å². The molecule has 9 nitrogen and oxygen atoms in total. The van der Waals surface area contributed by atoms with Gasteiger partial charge in [-0.2, -0.15) is 0 Å². The molecule has 2 aromatic rings. The van der Waals surface area contributed by atoms with Gasteiger partial charge in [-0.15, -0.1) is 0 Å². The Morgan fingerprint density at radius 2 is 1.73 bits per heavy atom. The summed E-state index contributed by atoms with van der Waals surface area (Å²) in [6.45, 7) is 1.68. The largest absolute Gasteiger partial charge is 0.497 e. The SMILES string of the molecule is CCOC(=O)c1ccccc1NC(=O)CNc1cc(OC)cc(S(C)(=O)=O)c1OC. The lowest BCUT2D eigenvalue weighted by Crippen LogP contribution is -2.23. The number of anilines is 2. The number of nitrogens with one attached hydrogen (secondary N) is 2. The highest BCUT2D eigenvalue weighted by molar-refractivity contribution is 7.90. The molecule has 0 saturated carbocycles. The van der Waals surface area contributed by atoms with Gasteiger partial charge in [0.1, 0.15) is 10.6 Å². The van der Waals surface area contributed by atoms with E-state index in [1.807, 2.05) is 0 Å². The summed E-state index contributed by atoms with van der Waals surface area (Å²) in [5, 5.41) is 5.49. The molecule has 0 bridgehead atoms. The number of carbonyl (C=O) groups is 2. The number of carbonyl (C=O) groups excluding carboxylic acids is 2. The molecular weight excluding hydrogens is 412 g/mol. The monoisotopic (exact) mass is 436 g/mol. The van der Waals surface area contributed by atoms with Crippen molar-refractivity contribution in [3.63, 3.8) is 0 Å². The summed E-state index contributed by atoms with van der Waals surface area (Å²) in [4.78, 5) is 24.4. The van der Waals surface area contributed by atoms with Crippen molar-refractivity contribution in [2.75, 3.05) is 44.3 Å². The van der Waals surface area contributed by atoms with Gasteiger partial charge in [0.05, 0.1) is 44.3 Å². The molecule has 0 saturated heterocycles. The summed E-state index contributed by atoms with van der Waals surface area (Å²) in [5.74, 6) is -0.657. The first kappa shape index (κ1) is 23.0. The Morgan fingerprint density at radius 1 is 1.03 bits per heavy atom. The highest BCUT2D eigenvalue weighted by Gasteiger charge is 2.21. The quantitative estimate of drug-likeness (QED) is 0.575. The average molecular weight is 436 g/mol. The van der Waals surface area contributed by atoms with Crippen LogP contribution >= 0.6 is 0 Å². The lowest BCUT2D eigenvalue weighted by molar-refractivity contribution is -0.114. The molecule has 2 rings (SSSR count). The molecule has 0 aromatic heterocycles. The summed E-state index contributed by atoms with van der Waals surface area (Å²) in [6.07, 6.45) is 1.05. The lowest BCUT2D eigenvalue weighted by atomic mass is 10.2. The van der Waals surface area contributed by atoms with E-state index in [1.54, 1.807) is 31.2 Å². The van der Waals surface area contributed by atoms with E-state index in [9.17, 15) is 18.0 Å². The predicted molar refractivity (Wildman–Crippen MR) is 112 cm³/mol. The van der Waals surface area contributed by atoms with Crippen LogP contribution in [0.3, 0.4) is 0 Å². The van der Waals surface area contributed by atoms with Gasteiger partial charge in [-0.3, -0.25) is 4.79 Å². The highest BCUT2D eigenvalue weighted by atomic mass is 32.2. The number of amides is 1. The van der Waals surface area contributed by atoms with Gasteiger partial charge < -0.3 is 24.8 Å². The number of para-hydroxylation sites is 1. The fourth-order valence-electron chi connectivity index (χ4n) is 2.66. The van der Waals surface area contributed by atoms with Crippen molar-refractivity contribution in [1.29, 1.82) is 0 Å². The van der Waals surface area contributed by atoms with E-state index < -0.39 is 21.7 Å². The van der Waals surface area contributed by atoms with Gasteiger partial charge in [-0.25, -0.2) is 13.2 Å². The first-order chi connectivity index (χ1) is 14.2. The van der Waals surface area contributed by atoms with Crippen LogP contribution in [0.1, 0.15) is 17.3 Å². The van der Waals surface area contributed by atoms with Crippen molar-refractivity contribution in [1.82, 2.24) is 0 Å². The maximum Gasteiger partial charge on any atom is 0.340 e. The number of ether oxygens (including phenoxy) is 3. The average Bonchev–Trinajstić information content (AvgIpc) is 2.71. The van der Waals surface area contributed by atoms with Crippen LogP contribution in [0.4, 0.5) is 11.4 Å². The van der Waals surface area contributed by atoms with Gasteiger partial charge in [0.2, 0.25) is 5.91 Å². The van der Waals surface area contributed by atoms with Crippen LogP contribution in [0.25, 0.3) is 0 Å². The third-order valence-corrected chi connectivity index (χ3v) is 5.11. The van der Waals surface area contributed by atoms with Crippen molar-refractivity contribution in [3.05, 3.63) is 42.0 Å². The number of benzene rings is 2. The molecular formula is C20H24N2O7S. The minimum Gasteiger partial charge on any atom is -0.497 e. The Morgan fingerprint density at radius 3 is 2.33 bits per heavy atom. The number of rotatable bonds is 9. The van der Waals surface area contributed by atoms with Crippen molar-refractivity contribution in [2.24, 2.45) is 0 Å². The van der Waals surface area contributed by atoms with Crippen LogP contribution < -0.4 is 20.1 Å². The first-order valence-electron chi connectivity index (χ1n) is 8.97. The maximum absolute atomic E-state index is 12.4. The second-order valence-electron chi connectivity index (χ2n) is 6.15. The fourth-order valence-corrected chi connectivity index (χ4v) is 3.52. The predicted octanol–water partition coefficient (Wildman–Crippen LogP) is 2.33. The van der Waals surface area contributed by atoms with Crippen LogP contribution in [0.2, 0.25) is 0 Å². The van der Waals surface area contributed by atoms with Gasteiger partial charge in [0, 0.05) is 18.4 Å². The van der Waals surface area contributed by atoms with Crippen molar-refractivity contribution < 1.29 is 32.2 Å². The zero-order valence-corrected chi connectivity index (χ0v) is 18.0. The smallest absolute Gasteiger partial charge is 0.340 e. The number of hydrogen-bond donors (Lipinski definition) is 2. The van der Waals surface area contributed by atoms with Gasteiger partial charge in [-0.1, -0.05) is 12.1 Å². The molecule has 0 aliphatic carbocycles. The van der Waals surface area contributed by atoms with E-state index in [1.165, 1.54) is 26.4 Å². The third-order valence-electron chi connectivity index (χ3n) is 4.00. The van der Waals surface area contributed by atoms with Crippen LogP contribution in [0.5, 0.6) is 11.5 Å². The van der Waals surface area contributed by atoms with Gasteiger partial charge >= 0.3 is 5.97 Å².